The molecule has 0 saturated carbocycles. The van der Waals surface area contributed by atoms with Crippen molar-refractivity contribution in [1.29, 1.82) is 0 Å². The van der Waals surface area contributed by atoms with E-state index in [4.69, 9.17) is 34.1 Å². The number of hydrogen-bond donors (Lipinski definition) is 2. The minimum absolute atomic E-state index is 0.218. The molecule has 1 aliphatic heterocycles. The van der Waals surface area contributed by atoms with Gasteiger partial charge in [-0.05, 0) is 6.07 Å². The number of nitrogen functional groups attached to an aromatic ring is 1. The van der Waals surface area contributed by atoms with Gasteiger partial charge in [0, 0.05) is 31.7 Å². The number of rotatable bonds is 3. The fourth-order valence-corrected chi connectivity index (χ4v) is 3.67. The van der Waals surface area contributed by atoms with Gasteiger partial charge in [0.2, 0.25) is 0 Å². The van der Waals surface area contributed by atoms with Crippen LogP contribution in [0.2, 0.25) is 10.0 Å². The minimum Gasteiger partial charge on any atom is -0.382 e. The van der Waals surface area contributed by atoms with Crippen LogP contribution < -0.4 is 15.8 Å². The lowest BCUT2D eigenvalue weighted by molar-refractivity contribution is 0.384. The van der Waals surface area contributed by atoms with Crippen LogP contribution in [0.5, 0.6) is 0 Å². The van der Waals surface area contributed by atoms with Gasteiger partial charge in [-0.2, -0.15) is 12.7 Å². The first kappa shape index (κ1) is 18.2. The molecule has 0 bridgehead atoms. The van der Waals surface area contributed by atoms with Crippen LogP contribution in [0.15, 0.2) is 24.4 Å². The summed E-state index contributed by atoms with van der Waals surface area (Å²) in [5, 5.41) is 5.90. The molecule has 0 spiro atoms. The molecule has 0 atom stereocenters. The molecule has 0 unspecified atom stereocenters. The third-order valence-electron chi connectivity index (χ3n) is 3.92. The van der Waals surface area contributed by atoms with Gasteiger partial charge in [0.1, 0.15) is 11.5 Å². The Morgan fingerprint density at radius 1 is 1.12 bits per heavy atom. The van der Waals surface area contributed by atoms with Gasteiger partial charge in [0.05, 0.1) is 16.2 Å². The minimum atomic E-state index is -3.67. The standard InChI is InChI=1S/C14H16Cl2N6O2S/c15-10-3-1-2-9(12(10)16)13-14(17)20-11(8-19-13)21-4-6-22(7-5-21)25(18,23)24/h1-3,8H,4-7H2,(H2,17,20)(H2,18,23,24). The summed E-state index contributed by atoms with van der Waals surface area (Å²) in [4.78, 5) is 10.6. The van der Waals surface area contributed by atoms with Crippen molar-refractivity contribution in [2.45, 2.75) is 0 Å². The van der Waals surface area contributed by atoms with E-state index in [0.717, 1.165) is 0 Å². The van der Waals surface area contributed by atoms with Crippen molar-refractivity contribution >= 4 is 45.0 Å². The zero-order valence-corrected chi connectivity index (χ0v) is 15.4. The normalized spacial score (nSPS) is 16.2. The SMILES string of the molecule is Nc1nc(N2CCN(S(N)(=O)=O)CC2)cnc1-c1cccc(Cl)c1Cl. The van der Waals surface area contributed by atoms with E-state index < -0.39 is 10.2 Å². The van der Waals surface area contributed by atoms with Crippen molar-refractivity contribution in [2.75, 3.05) is 36.8 Å². The highest BCUT2D eigenvalue weighted by atomic mass is 35.5. The molecule has 134 valence electrons. The summed E-state index contributed by atoms with van der Waals surface area (Å²) in [5.74, 6) is 0.781. The molecule has 0 radical (unpaired) electrons. The monoisotopic (exact) mass is 402 g/mol. The molecule has 1 fully saturated rings. The van der Waals surface area contributed by atoms with Crippen LogP contribution in [0.3, 0.4) is 0 Å². The third kappa shape index (κ3) is 3.80. The Labute approximate surface area is 155 Å². The highest BCUT2D eigenvalue weighted by Gasteiger charge is 2.25. The van der Waals surface area contributed by atoms with Gasteiger partial charge in [-0.15, -0.1) is 0 Å². The molecule has 3 rings (SSSR count). The van der Waals surface area contributed by atoms with Gasteiger partial charge < -0.3 is 10.6 Å². The van der Waals surface area contributed by atoms with Gasteiger partial charge in [-0.25, -0.2) is 15.1 Å². The van der Waals surface area contributed by atoms with Gasteiger partial charge >= 0.3 is 0 Å². The van der Waals surface area contributed by atoms with Crippen LogP contribution in [0, 0.1) is 0 Å². The molecule has 11 heteroatoms. The summed E-state index contributed by atoms with van der Waals surface area (Å²) >= 11 is 12.2. The second kappa shape index (κ2) is 6.93. The molecule has 25 heavy (non-hydrogen) atoms. The molecule has 1 aliphatic rings. The van der Waals surface area contributed by atoms with Crippen molar-refractivity contribution in [2.24, 2.45) is 5.14 Å². The number of nitrogens with two attached hydrogens (primary N) is 2. The molecule has 1 saturated heterocycles. The lowest BCUT2D eigenvalue weighted by Crippen LogP contribution is -2.51. The van der Waals surface area contributed by atoms with E-state index in [1.165, 1.54) is 4.31 Å². The number of benzene rings is 1. The Kier molecular flexibility index (Phi) is 5.03. The maximum absolute atomic E-state index is 11.4. The Bertz CT molecular complexity index is 900. The Hall–Kier alpha value is -1.65. The fourth-order valence-electron chi connectivity index (χ4n) is 2.61. The van der Waals surface area contributed by atoms with Crippen LogP contribution in [0.4, 0.5) is 11.6 Å². The van der Waals surface area contributed by atoms with Crippen molar-refractivity contribution < 1.29 is 8.42 Å². The van der Waals surface area contributed by atoms with E-state index in [9.17, 15) is 8.42 Å². The largest absolute Gasteiger partial charge is 0.382 e. The topological polar surface area (TPSA) is 118 Å². The van der Waals surface area contributed by atoms with Crippen molar-refractivity contribution in [3.05, 3.63) is 34.4 Å². The maximum atomic E-state index is 11.4. The smallest absolute Gasteiger partial charge is 0.277 e. The number of nitrogens with zero attached hydrogens (tertiary/aromatic N) is 4. The van der Waals surface area contributed by atoms with E-state index >= 15 is 0 Å². The number of anilines is 2. The second-order valence-electron chi connectivity index (χ2n) is 5.49. The Morgan fingerprint density at radius 2 is 1.80 bits per heavy atom. The van der Waals surface area contributed by atoms with Gasteiger partial charge in [0.25, 0.3) is 10.2 Å². The van der Waals surface area contributed by atoms with E-state index in [0.29, 0.717) is 40.2 Å². The predicted molar refractivity (Wildman–Crippen MR) is 98.8 cm³/mol. The Morgan fingerprint density at radius 3 is 2.40 bits per heavy atom. The summed E-state index contributed by atoms with van der Waals surface area (Å²) < 4.78 is 23.9. The van der Waals surface area contributed by atoms with Gasteiger partial charge in [-0.1, -0.05) is 35.3 Å². The summed E-state index contributed by atoms with van der Waals surface area (Å²) in [6.07, 6.45) is 1.58. The Balaban J connectivity index is 1.83. The van der Waals surface area contributed by atoms with Crippen molar-refractivity contribution in [1.82, 2.24) is 14.3 Å². The molecule has 8 nitrogen and oxygen atoms in total. The molecule has 4 N–H and O–H groups in total. The lowest BCUT2D eigenvalue weighted by Gasteiger charge is -2.33. The zero-order chi connectivity index (χ0) is 18.2. The summed E-state index contributed by atoms with van der Waals surface area (Å²) in [6.45, 7) is 1.45. The first-order valence-electron chi connectivity index (χ1n) is 7.37. The van der Waals surface area contributed by atoms with E-state index in [1.54, 1.807) is 24.4 Å². The van der Waals surface area contributed by atoms with Crippen LogP contribution in [0.25, 0.3) is 11.3 Å². The number of aromatic nitrogens is 2. The molecule has 1 aromatic carbocycles. The van der Waals surface area contributed by atoms with Crippen molar-refractivity contribution in [3.8, 4) is 11.3 Å². The summed E-state index contributed by atoms with van der Waals surface area (Å²) in [6, 6.07) is 5.19. The van der Waals surface area contributed by atoms with E-state index in [1.807, 2.05) is 4.90 Å². The number of hydrogen-bond acceptors (Lipinski definition) is 6. The quantitative estimate of drug-likeness (QED) is 0.799. The molecular formula is C14H16Cl2N6O2S. The lowest BCUT2D eigenvalue weighted by atomic mass is 10.1. The average Bonchev–Trinajstić information content (AvgIpc) is 2.57. The third-order valence-corrected chi connectivity index (χ3v) is 5.82. The average molecular weight is 403 g/mol. The van der Waals surface area contributed by atoms with E-state index in [-0.39, 0.29) is 18.9 Å². The second-order valence-corrected chi connectivity index (χ2v) is 7.83. The number of halogens is 2. The van der Waals surface area contributed by atoms with E-state index in [2.05, 4.69) is 9.97 Å². The molecule has 2 aromatic rings. The maximum Gasteiger partial charge on any atom is 0.277 e. The van der Waals surface area contributed by atoms with Crippen LogP contribution in [-0.2, 0) is 10.2 Å². The zero-order valence-electron chi connectivity index (χ0n) is 13.1. The molecule has 0 amide bonds. The molecule has 1 aromatic heterocycles. The first-order valence-corrected chi connectivity index (χ1v) is 9.63. The van der Waals surface area contributed by atoms with Crippen LogP contribution >= 0.6 is 23.2 Å². The van der Waals surface area contributed by atoms with Crippen LogP contribution in [-0.4, -0.2) is 48.9 Å². The molecular weight excluding hydrogens is 387 g/mol. The number of piperazine rings is 1. The molecule has 0 aliphatic carbocycles. The highest BCUT2D eigenvalue weighted by Crippen LogP contribution is 2.35. The first-order chi connectivity index (χ1) is 11.8. The summed E-state index contributed by atoms with van der Waals surface area (Å²) in [7, 11) is -3.67. The summed E-state index contributed by atoms with van der Waals surface area (Å²) in [5.41, 5.74) is 7.09. The highest BCUT2D eigenvalue weighted by molar-refractivity contribution is 7.86. The van der Waals surface area contributed by atoms with Crippen LogP contribution in [0.1, 0.15) is 0 Å². The van der Waals surface area contributed by atoms with Gasteiger partial charge in [0.15, 0.2) is 5.82 Å². The predicted octanol–water partition coefficient (Wildman–Crippen LogP) is 1.36. The molecule has 2 heterocycles. The van der Waals surface area contributed by atoms with Crippen molar-refractivity contribution in [3.63, 3.8) is 0 Å². The van der Waals surface area contributed by atoms with Gasteiger partial charge in [-0.3, -0.25) is 0 Å². The fraction of sp³-hybridized carbons (Fsp3) is 0.286.